The average Bonchev–Trinajstić information content (AvgIpc) is 2.48. The third-order valence-corrected chi connectivity index (χ3v) is 4.52. The van der Waals surface area contributed by atoms with Crippen LogP contribution in [-0.2, 0) is 0 Å². The van der Waals surface area contributed by atoms with E-state index in [0.29, 0.717) is 0 Å². The lowest BCUT2D eigenvalue weighted by atomic mass is 9.88. The smallest absolute Gasteiger partial charge is 0.387 e. The second-order valence-electron chi connectivity index (χ2n) is 5.69. The van der Waals surface area contributed by atoms with E-state index in [-0.39, 0.29) is 17.3 Å². The summed E-state index contributed by atoms with van der Waals surface area (Å²) in [5.41, 5.74) is 0.780. The summed E-state index contributed by atoms with van der Waals surface area (Å²) in [4.78, 5) is 2.18. The Morgan fingerprint density at radius 1 is 1.33 bits per heavy atom. The summed E-state index contributed by atoms with van der Waals surface area (Å²) < 4.78 is 29.9. The van der Waals surface area contributed by atoms with Crippen LogP contribution in [0.3, 0.4) is 0 Å². The largest absolute Gasteiger partial charge is 0.433 e. The molecule has 3 nitrogen and oxygen atoms in total. The van der Waals surface area contributed by atoms with Gasteiger partial charge in [-0.2, -0.15) is 8.78 Å². The molecule has 1 N–H and O–H groups in total. The van der Waals surface area contributed by atoms with Gasteiger partial charge in [0, 0.05) is 24.7 Å². The van der Waals surface area contributed by atoms with E-state index in [4.69, 9.17) is 0 Å². The highest BCUT2D eigenvalue weighted by molar-refractivity contribution is 5.60. The summed E-state index contributed by atoms with van der Waals surface area (Å²) >= 11 is 0. The van der Waals surface area contributed by atoms with Crippen molar-refractivity contribution in [1.29, 1.82) is 0 Å². The summed E-state index contributed by atoms with van der Waals surface area (Å²) in [6.07, 6.45) is 2.01. The van der Waals surface area contributed by atoms with Crippen LogP contribution in [0.25, 0.3) is 0 Å². The van der Waals surface area contributed by atoms with Crippen molar-refractivity contribution in [3.05, 3.63) is 24.3 Å². The van der Waals surface area contributed by atoms with Crippen LogP contribution in [0.1, 0.15) is 33.6 Å². The van der Waals surface area contributed by atoms with Crippen LogP contribution < -0.4 is 15.0 Å². The van der Waals surface area contributed by atoms with Crippen LogP contribution in [0.4, 0.5) is 14.5 Å². The Morgan fingerprint density at radius 2 is 2.00 bits per heavy atom. The summed E-state index contributed by atoms with van der Waals surface area (Å²) in [6.45, 7) is 5.25. The molecule has 1 aromatic rings. The number of piperazine rings is 1. The molecule has 1 atom stereocenters. The quantitative estimate of drug-likeness (QED) is 0.898. The summed E-state index contributed by atoms with van der Waals surface area (Å²) in [5.74, 6) is 0.252. The van der Waals surface area contributed by atoms with E-state index in [1.54, 1.807) is 12.1 Å². The monoisotopic (exact) mass is 298 g/mol. The molecule has 1 aliphatic heterocycles. The van der Waals surface area contributed by atoms with E-state index in [9.17, 15) is 8.78 Å². The number of alkyl halides is 2. The molecule has 1 fully saturated rings. The molecule has 1 aromatic carbocycles. The zero-order valence-corrected chi connectivity index (χ0v) is 12.9. The Hall–Kier alpha value is -1.36. The minimum absolute atomic E-state index is 0.0322. The zero-order valence-electron chi connectivity index (χ0n) is 12.9. The maximum atomic E-state index is 12.6. The number of hydrogen-bond donors (Lipinski definition) is 1. The molecule has 1 aliphatic rings. The van der Waals surface area contributed by atoms with Gasteiger partial charge in [0.05, 0.1) is 5.69 Å². The van der Waals surface area contributed by atoms with Gasteiger partial charge in [0.2, 0.25) is 0 Å². The molecule has 0 spiro atoms. The van der Waals surface area contributed by atoms with Crippen LogP contribution >= 0.6 is 0 Å². The van der Waals surface area contributed by atoms with Gasteiger partial charge >= 0.3 is 6.61 Å². The van der Waals surface area contributed by atoms with E-state index in [1.165, 1.54) is 0 Å². The molecule has 1 heterocycles. The number of para-hydroxylation sites is 2. The third-order valence-electron chi connectivity index (χ3n) is 4.52. The highest BCUT2D eigenvalue weighted by atomic mass is 19.3. The second-order valence-corrected chi connectivity index (χ2v) is 5.69. The minimum atomic E-state index is -2.80. The highest BCUT2D eigenvalue weighted by Gasteiger charge is 2.36. The average molecular weight is 298 g/mol. The van der Waals surface area contributed by atoms with Crippen molar-refractivity contribution in [3.8, 4) is 5.75 Å². The van der Waals surface area contributed by atoms with Gasteiger partial charge in [-0.3, -0.25) is 0 Å². The first-order valence-electron chi connectivity index (χ1n) is 7.57. The van der Waals surface area contributed by atoms with Crippen molar-refractivity contribution in [2.24, 2.45) is 0 Å². The fourth-order valence-electron chi connectivity index (χ4n) is 2.95. The summed E-state index contributed by atoms with van der Waals surface area (Å²) in [7, 11) is 0. The van der Waals surface area contributed by atoms with Crippen molar-refractivity contribution in [3.63, 3.8) is 0 Å². The molecule has 0 aromatic heterocycles. The molecule has 5 heteroatoms. The molecular formula is C16H24F2N2O. The number of hydrogen-bond acceptors (Lipinski definition) is 3. The molecule has 21 heavy (non-hydrogen) atoms. The van der Waals surface area contributed by atoms with E-state index in [2.05, 4.69) is 35.7 Å². The van der Waals surface area contributed by atoms with Gasteiger partial charge in [0.1, 0.15) is 5.75 Å². The Balaban J connectivity index is 2.30. The van der Waals surface area contributed by atoms with Crippen molar-refractivity contribution >= 4 is 5.69 Å². The topological polar surface area (TPSA) is 24.5 Å². The Labute approximate surface area is 125 Å². The number of benzene rings is 1. The fourth-order valence-corrected chi connectivity index (χ4v) is 2.95. The summed E-state index contributed by atoms with van der Waals surface area (Å²) in [5, 5.41) is 3.61. The molecular weight excluding hydrogens is 274 g/mol. The van der Waals surface area contributed by atoms with Gasteiger partial charge in [0.15, 0.2) is 0 Å². The molecule has 0 saturated carbocycles. The minimum Gasteiger partial charge on any atom is -0.433 e. The van der Waals surface area contributed by atoms with Crippen molar-refractivity contribution in [2.45, 2.75) is 51.8 Å². The lowest BCUT2D eigenvalue weighted by molar-refractivity contribution is -0.0496. The molecule has 0 bridgehead atoms. The third kappa shape index (κ3) is 3.46. The number of nitrogens with one attached hydrogen (secondary N) is 1. The van der Waals surface area contributed by atoms with Crippen LogP contribution in [0.2, 0.25) is 0 Å². The van der Waals surface area contributed by atoms with Gasteiger partial charge < -0.3 is 15.0 Å². The van der Waals surface area contributed by atoms with Gasteiger partial charge in [-0.15, -0.1) is 0 Å². The predicted octanol–water partition coefficient (Wildman–Crippen LogP) is 3.64. The van der Waals surface area contributed by atoms with Gasteiger partial charge in [-0.25, -0.2) is 0 Å². The lowest BCUT2D eigenvalue weighted by Crippen LogP contribution is -2.63. The SMILES string of the molecule is CCC1(CC)CN(c2ccccc2OC(F)F)C(C)CN1. The van der Waals surface area contributed by atoms with E-state index in [0.717, 1.165) is 31.6 Å². The molecule has 118 valence electrons. The normalized spacial score (nSPS) is 21.6. The van der Waals surface area contributed by atoms with Gasteiger partial charge in [0.25, 0.3) is 0 Å². The Kier molecular flexibility index (Phi) is 5.04. The molecule has 1 saturated heterocycles. The van der Waals surface area contributed by atoms with E-state index >= 15 is 0 Å². The molecule has 0 aliphatic carbocycles. The standard InChI is InChI=1S/C16H24F2N2O/c1-4-16(5-2)11-20(12(3)10-19-16)13-8-6-7-9-14(13)21-15(17)18/h6-9,12,15,19H,4-5,10-11H2,1-3H3. The fraction of sp³-hybridized carbons (Fsp3) is 0.625. The number of ether oxygens (including phenoxy) is 1. The van der Waals surface area contributed by atoms with Crippen molar-refractivity contribution < 1.29 is 13.5 Å². The molecule has 2 rings (SSSR count). The first kappa shape index (κ1) is 16.0. The van der Waals surface area contributed by atoms with Crippen molar-refractivity contribution in [1.82, 2.24) is 5.32 Å². The number of halogens is 2. The first-order chi connectivity index (χ1) is 10.0. The number of nitrogens with zero attached hydrogens (tertiary/aromatic N) is 1. The Bertz CT molecular complexity index is 463. The summed E-state index contributed by atoms with van der Waals surface area (Å²) in [6, 6.07) is 7.28. The van der Waals surface area contributed by atoms with Gasteiger partial charge in [-0.1, -0.05) is 26.0 Å². The maximum Gasteiger partial charge on any atom is 0.387 e. The van der Waals surface area contributed by atoms with E-state index in [1.807, 2.05) is 12.1 Å². The predicted molar refractivity (Wildman–Crippen MR) is 81.2 cm³/mol. The van der Waals surface area contributed by atoms with Crippen molar-refractivity contribution in [2.75, 3.05) is 18.0 Å². The van der Waals surface area contributed by atoms with Crippen LogP contribution in [0.15, 0.2) is 24.3 Å². The van der Waals surface area contributed by atoms with E-state index < -0.39 is 6.61 Å². The first-order valence-corrected chi connectivity index (χ1v) is 7.57. The molecule has 0 amide bonds. The van der Waals surface area contributed by atoms with Crippen LogP contribution in [0.5, 0.6) is 5.75 Å². The maximum absolute atomic E-state index is 12.6. The van der Waals surface area contributed by atoms with Gasteiger partial charge in [-0.05, 0) is 31.9 Å². The van der Waals surface area contributed by atoms with Crippen LogP contribution in [-0.4, -0.2) is 31.3 Å². The lowest BCUT2D eigenvalue weighted by Gasteiger charge is -2.48. The zero-order chi connectivity index (χ0) is 15.5. The number of rotatable bonds is 5. The Morgan fingerprint density at radius 3 is 2.62 bits per heavy atom. The van der Waals surface area contributed by atoms with Crippen LogP contribution in [0, 0.1) is 0 Å². The highest BCUT2D eigenvalue weighted by Crippen LogP contribution is 2.34. The molecule has 0 radical (unpaired) electrons. The second kappa shape index (κ2) is 6.60. The molecule has 1 unspecified atom stereocenters. The number of anilines is 1.